The van der Waals surface area contributed by atoms with E-state index in [2.05, 4.69) is 9.97 Å². The fraction of sp³-hybridized carbons (Fsp3) is 0.615. The number of rotatable bonds is 4. The van der Waals surface area contributed by atoms with E-state index < -0.39 is 10.0 Å². The van der Waals surface area contributed by atoms with Crippen LogP contribution in [0, 0.1) is 5.92 Å². The highest BCUT2D eigenvalue weighted by Gasteiger charge is 2.30. The molecule has 1 aromatic heterocycles. The molecule has 1 amide bonds. The lowest BCUT2D eigenvalue weighted by molar-refractivity contribution is 0.0782. The van der Waals surface area contributed by atoms with Crippen LogP contribution in [0.2, 0.25) is 0 Å². The van der Waals surface area contributed by atoms with Gasteiger partial charge in [-0.15, -0.1) is 0 Å². The van der Waals surface area contributed by atoms with Gasteiger partial charge in [0.05, 0.1) is 5.75 Å². The molecule has 22 heavy (non-hydrogen) atoms. The average Bonchev–Trinajstić information content (AvgIpc) is 2.83. The van der Waals surface area contributed by atoms with Crippen molar-refractivity contribution < 1.29 is 13.2 Å². The summed E-state index contributed by atoms with van der Waals surface area (Å²) in [6, 6.07) is 1.64. The fourth-order valence-corrected chi connectivity index (χ4v) is 3.46. The molecule has 0 aliphatic carbocycles. The van der Waals surface area contributed by atoms with Crippen molar-refractivity contribution in [1.29, 1.82) is 0 Å². The minimum absolute atomic E-state index is 0.0647. The Morgan fingerprint density at radius 3 is 2.73 bits per heavy atom. The number of primary sulfonamides is 1. The van der Waals surface area contributed by atoms with E-state index in [9.17, 15) is 13.2 Å². The number of hydrogen-bond donors (Lipinski definition) is 2. The first-order chi connectivity index (χ1) is 10.2. The molecule has 2 rings (SSSR count). The molecule has 1 aromatic rings. The molecule has 1 aliphatic rings. The van der Waals surface area contributed by atoms with Crippen molar-refractivity contribution in [3.05, 3.63) is 17.5 Å². The second-order valence-electron chi connectivity index (χ2n) is 5.93. The zero-order chi connectivity index (χ0) is 16.5. The van der Waals surface area contributed by atoms with Crippen LogP contribution in [0.5, 0.6) is 0 Å². The van der Waals surface area contributed by atoms with Crippen LogP contribution in [0.4, 0.5) is 5.95 Å². The standard InChI is InChI=1S/C13H21N5O3S/c1-8(2)10-5-11(17-13(14)16-10)12(19)18-4-3-9(6-18)7-22(15,20)21/h5,8-9H,3-4,6-7H2,1-2H3,(H2,14,16,17)(H2,15,20,21). The smallest absolute Gasteiger partial charge is 0.272 e. The fourth-order valence-electron chi connectivity index (χ4n) is 2.53. The number of nitrogen functional groups attached to an aromatic ring is 1. The second-order valence-corrected chi connectivity index (χ2v) is 7.59. The van der Waals surface area contributed by atoms with Gasteiger partial charge in [0.1, 0.15) is 5.69 Å². The van der Waals surface area contributed by atoms with Crippen molar-refractivity contribution in [1.82, 2.24) is 14.9 Å². The van der Waals surface area contributed by atoms with Gasteiger partial charge < -0.3 is 10.6 Å². The van der Waals surface area contributed by atoms with Gasteiger partial charge in [0.15, 0.2) is 0 Å². The number of nitrogens with two attached hydrogens (primary N) is 2. The van der Waals surface area contributed by atoms with E-state index in [0.29, 0.717) is 25.2 Å². The maximum Gasteiger partial charge on any atom is 0.272 e. The molecule has 4 N–H and O–H groups in total. The number of carbonyl (C=O) groups is 1. The van der Waals surface area contributed by atoms with E-state index in [4.69, 9.17) is 10.9 Å². The predicted molar refractivity (Wildman–Crippen MR) is 82.5 cm³/mol. The molecular formula is C13H21N5O3S. The molecule has 0 saturated carbocycles. The molecule has 0 aromatic carbocycles. The van der Waals surface area contributed by atoms with Crippen molar-refractivity contribution in [3.8, 4) is 0 Å². The molecule has 1 atom stereocenters. The number of nitrogens with zero attached hydrogens (tertiary/aromatic N) is 3. The normalized spacial score (nSPS) is 18.9. The van der Waals surface area contributed by atoms with Gasteiger partial charge in [-0.25, -0.2) is 23.5 Å². The van der Waals surface area contributed by atoms with Gasteiger partial charge in [-0.05, 0) is 24.3 Å². The number of carbonyl (C=O) groups excluding carboxylic acids is 1. The number of amides is 1. The van der Waals surface area contributed by atoms with E-state index in [1.807, 2.05) is 13.8 Å². The Kier molecular flexibility index (Phi) is 4.66. The molecule has 0 radical (unpaired) electrons. The quantitative estimate of drug-likeness (QED) is 0.795. The van der Waals surface area contributed by atoms with Crippen molar-refractivity contribution >= 4 is 21.9 Å². The maximum atomic E-state index is 12.5. The van der Waals surface area contributed by atoms with Crippen LogP contribution >= 0.6 is 0 Å². The second kappa shape index (κ2) is 6.17. The SMILES string of the molecule is CC(C)c1cc(C(=O)N2CCC(CS(N)(=O)=O)C2)nc(N)n1. The zero-order valence-corrected chi connectivity index (χ0v) is 13.5. The predicted octanol–water partition coefficient (Wildman–Crippen LogP) is -0.0672. The summed E-state index contributed by atoms with van der Waals surface area (Å²) in [5, 5.41) is 5.05. The van der Waals surface area contributed by atoms with Crippen LogP contribution in [0.1, 0.15) is 42.4 Å². The highest BCUT2D eigenvalue weighted by atomic mass is 32.2. The summed E-state index contributed by atoms with van der Waals surface area (Å²) in [6.07, 6.45) is 0.611. The molecular weight excluding hydrogens is 306 g/mol. The van der Waals surface area contributed by atoms with Gasteiger partial charge in [-0.1, -0.05) is 13.8 Å². The Morgan fingerprint density at radius 2 is 2.14 bits per heavy atom. The first-order valence-electron chi connectivity index (χ1n) is 7.10. The summed E-state index contributed by atoms with van der Waals surface area (Å²) in [6.45, 7) is 4.75. The number of aromatic nitrogens is 2. The lowest BCUT2D eigenvalue weighted by atomic mass is 10.1. The van der Waals surface area contributed by atoms with Crippen LogP contribution in [0.25, 0.3) is 0 Å². The van der Waals surface area contributed by atoms with Crippen LogP contribution < -0.4 is 10.9 Å². The zero-order valence-electron chi connectivity index (χ0n) is 12.7. The highest BCUT2D eigenvalue weighted by Crippen LogP contribution is 2.21. The highest BCUT2D eigenvalue weighted by molar-refractivity contribution is 7.89. The number of sulfonamides is 1. The molecule has 1 saturated heterocycles. The minimum Gasteiger partial charge on any atom is -0.368 e. The van der Waals surface area contributed by atoms with Crippen LogP contribution in [-0.4, -0.2) is 48.0 Å². The summed E-state index contributed by atoms with van der Waals surface area (Å²) >= 11 is 0. The number of hydrogen-bond acceptors (Lipinski definition) is 6. The number of anilines is 1. The molecule has 8 nitrogen and oxygen atoms in total. The Balaban J connectivity index is 2.13. The summed E-state index contributed by atoms with van der Waals surface area (Å²) in [5.74, 6) is -0.309. The largest absolute Gasteiger partial charge is 0.368 e. The number of likely N-dealkylation sites (tertiary alicyclic amines) is 1. The van der Waals surface area contributed by atoms with Crippen molar-refractivity contribution in [3.63, 3.8) is 0 Å². The minimum atomic E-state index is -3.53. The average molecular weight is 327 g/mol. The Bertz CT molecular complexity index is 674. The summed E-state index contributed by atoms with van der Waals surface area (Å²) in [4.78, 5) is 22.2. The molecule has 1 unspecified atom stereocenters. The van der Waals surface area contributed by atoms with E-state index >= 15 is 0 Å². The van der Waals surface area contributed by atoms with Gasteiger partial charge >= 0.3 is 0 Å². The van der Waals surface area contributed by atoms with Crippen molar-refractivity contribution in [2.45, 2.75) is 26.2 Å². The summed E-state index contributed by atoms with van der Waals surface area (Å²) < 4.78 is 22.3. The van der Waals surface area contributed by atoms with Crippen LogP contribution in [-0.2, 0) is 10.0 Å². The third-order valence-corrected chi connectivity index (χ3v) is 4.55. The Hall–Kier alpha value is -1.74. The van der Waals surface area contributed by atoms with Crippen LogP contribution in [0.3, 0.4) is 0 Å². The van der Waals surface area contributed by atoms with Gasteiger partial charge in [0.2, 0.25) is 16.0 Å². The molecule has 0 bridgehead atoms. The van der Waals surface area contributed by atoms with E-state index in [1.165, 1.54) is 0 Å². The lowest BCUT2D eigenvalue weighted by Gasteiger charge is -2.17. The molecule has 9 heteroatoms. The molecule has 2 heterocycles. The van der Waals surface area contributed by atoms with E-state index in [-0.39, 0.29) is 35.1 Å². The Labute approximate surface area is 130 Å². The molecule has 0 spiro atoms. The van der Waals surface area contributed by atoms with Gasteiger partial charge in [-0.2, -0.15) is 0 Å². The van der Waals surface area contributed by atoms with Gasteiger partial charge in [0, 0.05) is 18.8 Å². The van der Waals surface area contributed by atoms with Gasteiger partial charge in [0.25, 0.3) is 5.91 Å². The van der Waals surface area contributed by atoms with Gasteiger partial charge in [-0.3, -0.25) is 4.79 Å². The third-order valence-electron chi connectivity index (χ3n) is 3.61. The maximum absolute atomic E-state index is 12.5. The monoisotopic (exact) mass is 327 g/mol. The molecule has 1 fully saturated rings. The lowest BCUT2D eigenvalue weighted by Crippen LogP contribution is -2.31. The first-order valence-corrected chi connectivity index (χ1v) is 8.81. The van der Waals surface area contributed by atoms with Crippen molar-refractivity contribution in [2.75, 3.05) is 24.6 Å². The van der Waals surface area contributed by atoms with E-state index in [0.717, 1.165) is 0 Å². The topological polar surface area (TPSA) is 132 Å². The first kappa shape index (κ1) is 16.6. The Morgan fingerprint density at radius 1 is 1.45 bits per heavy atom. The van der Waals surface area contributed by atoms with E-state index in [1.54, 1.807) is 11.0 Å². The third kappa shape index (κ3) is 4.14. The molecule has 1 aliphatic heterocycles. The molecule has 122 valence electrons. The summed E-state index contributed by atoms with van der Waals surface area (Å²) in [5.41, 5.74) is 6.60. The summed E-state index contributed by atoms with van der Waals surface area (Å²) in [7, 11) is -3.53. The van der Waals surface area contributed by atoms with Crippen molar-refractivity contribution in [2.24, 2.45) is 11.1 Å². The van der Waals surface area contributed by atoms with Crippen LogP contribution in [0.15, 0.2) is 6.07 Å².